The van der Waals surface area contributed by atoms with Crippen molar-refractivity contribution in [3.8, 4) is 0 Å². The van der Waals surface area contributed by atoms with Crippen molar-refractivity contribution in [1.29, 1.82) is 0 Å². The fraction of sp³-hybridized carbons (Fsp3) is 0.400. The van der Waals surface area contributed by atoms with Gasteiger partial charge in [-0.05, 0) is 62.9 Å². The van der Waals surface area contributed by atoms with Gasteiger partial charge in [-0.3, -0.25) is 9.36 Å². The highest BCUT2D eigenvalue weighted by Crippen LogP contribution is 2.27. The summed E-state index contributed by atoms with van der Waals surface area (Å²) in [6, 6.07) is 10.5. The number of hydrogen-bond acceptors (Lipinski definition) is 3. The Hall–Kier alpha value is -2.86. The molecular weight excluding hydrogens is 424 g/mol. The molecule has 0 aliphatic heterocycles. The maximum Gasteiger partial charge on any atom is 0.322 e. The van der Waals surface area contributed by atoms with Gasteiger partial charge in [0, 0.05) is 23.8 Å². The van der Waals surface area contributed by atoms with E-state index in [0.717, 1.165) is 23.2 Å². The molecule has 1 N–H and O–H groups in total. The molecule has 1 unspecified atom stereocenters. The van der Waals surface area contributed by atoms with Crippen molar-refractivity contribution >= 4 is 34.2 Å². The molecule has 0 aliphatic carbocycles. The Balaban J connectivity index is 2.10. The van der Waals surface area contributed by atoms with E-state index in [9.17, 15) is 9.59 Å². The number of aromatic nitrogens is 2. The molecule has 7 heteroatoms. The summed E-state index contributed by atoms with van der Waals surface area (Å²) in [6.45, 7) is 10.9. The number of benzene rings is 2. The van der Waals surface area contributed by atoms with Crippen LogP contribution in [0.25, 0.3) is 10.9 Å². The molecule has 2 amide bonds. The Kier molecular flexibility index (Phi) is 7.56. The lowest BCUT2D eigenvalue weighted by atomic mass is 10.1. The second kappa shape index (κ2) is 10.2. The highest BCUT2D eigenvalue weighted by molar-refractivity contribution is 6.31. The van der Waals surface area contributed by atoms with Crippen molar-refractivity contribution in [3.63, 3.8) is 0 Å². The summed E-state index contributed by atoms with van der Waals surface area (Å²) in [6.07, 6.45) is 1.41. The van der Waals surface area contributed by atoms with E-state index in [1.807, 2.05) is 52.8 Å². The minimum absolute atomic E-state index is 0.116. The van der Waals surface area contributed by atoms with Gasteiger partial charge >= 0.3 is 6.03 Å². The van der Waals surface area contributed by atoms with E-state index in [2.05, 4.69) is 5.32 Å². The van der Waals surface area contributed by atoms with Crippen LogP contribution in [-0.2, 0) is 6.54 Å². The maximum absolute atomic E-state index is 13.5. The molecule has 1 aromatic heterocycles. The number of halogens is 1. The number of para-hydroxylation sites is 1. The zero-order chi connectivity index (χ0) is 23.4. The number of anilines is 1. The van der Waals surface area contributed by atoms with E-state index < -0.39 is 0 Å². The van der Waals surface area contributed by atoms with Gasteiger partial charge in [0.05, 0.1) is 16.9 Å². The lowest BCUT2D eigenvalue weighted by molar-refractivity contribution is 0.180. The molecular formula is C25H31ClN4O2. The molecule has 170 valence electrons. The van der Waals surface area contributed by atoms with Gasteiger partial charge in [-0.1, -0.05) is 43.6 Å². The first-order valence-corrected chi connectivity index (χ1v) is 11.5. The standard InChI is InChI=1S/C25H31ClN4O2/c1-6-14-30(25(32)28-22-16(4)10-9-11-17(22)5)21(7-2)23-27-20-15-18(26)12-13-19(20)24(31)29(23)8-3/h9-13,15,21H,6-8,14H2,1-5H3,(H,28,32). The molecule has 0 saturated carbocycles. The van der Waals surface area contributed by atoms with Crippen molar-refractivity contribution in [2.24, 2.45) is 0 Å². The molecule has 0 fully saturated rings. The third-order valence-electron chi connectivity index (χ3n) is 5.76. The first-order chi connectivity index (χ1) is 15.3. The molecule has 0 aliphatic rings. The fourth-order valence-electron chi connectivity index (χ4n) is 4.14. The number of urea groups is 1. The number of amides is 2. The topological polar surface area (TPSA) is 67.2 Å². The maximum atomic E-state index is 13.5. The smallest absolute Gasteiger partial charge is 0.314 e. The lowest BCUT2D eigenvalue weighted by Crippen LogP contribution is -2.41. The number of fused-ring (bicyclic) bond motifs is 1. The Morgan fingerprint density at radius 3 is 2.44 bits per heavy atom. The van der Waals surface area contributed by atoms with Crippen LogP contribution < -0.4 is 10.9 Å². The van der Waals surface area contributed by atoms with E-state index in [4.69, 9.17) is 16.6 Å². The molecule has 32 heavy (non-hydrogen) atoms. The Labute approximate surface area is 194 Å². The van der Waals surface area contributed by atoms with Gasteiger partial charge in [-0.15, -0.1) is 0 Å². The summed E-state index contributed by atoms with van der Waals surface area (Å²) in [5.41, 5.74) is 3.26. The fourth-order valence-corrected chi connectivity index (χ4v) is 4.31. The molecule has 1 atom stereocenters. The van der Waals surface area contributed by atoms with Gasteiger partial charge in [0.1, 0.15) is 5.82 Å². The van der Waals surface area contributed by atoms with Gasteiger partial charge in [-0.25, -0.2) is 9.78 Å². The van der Waals surface area contributed by atoms with Crippen LogP contribution in [0, 0.1) is 13.8 Å². The van der Waals surface area contributed by atoms with Crippen LogP contribution in [0.1, 0.15) is 56.6 Å². The van der Waals surface area contributed by atoms with E-state index in [1.165, 1.54) is 0 Å². The highest BCUT2D eigenvalue weighted by atomic mass is 35.5. The van der Waals surface area contributed by atoms with E-state index >= 15 is 0 Å². The van der Waals surface area contributed by atoms with Gasteiger partial charge < -0.3 is 10.2 Å². The third kappa shape index (κ3) is 4.65. The van der Waals surface area contributed by atoms with Gasteiger partial charge in [0.15, 0.2) is 0 Å². The van der Waals surface area contributed by atoms with Crippen LogP contribution in [0.4, 0.5) is 10.5 Å². The van der Waals surface area contributed by atoms with E-state index in [-0.39, 0.29) is 17.6 Å². The summed E-state index contributed by atoms with van der Waals surface area (Å²) in [5.74, 6) is 0.583. The summed E-state index contributed by atoms with van der Waals surface area (Å²) >= 11 is 6.17. The SMILES string of the molecule is CCCN(C(=O)Nc1c(C)cccc1C)C(CC)c1nc2cc(Cl)ccc2c(=O)n1CC. The van der Waals surface area contributed by atoms with Gasteiger partial charge in [-0.2, -0.15) is 0 Å². The van der Waals surface area contributed by atoms with Crippen LogP contribution in [0.2, 0.25) is 5.02 Å². The zero-order valence-corrected chi connectivity index (χ0v) is 20.2. The van der Waals surface area contributed by atoms with Crippen molar-refractivity contribution in [1.82, 2.24) is 14.5 Å². The molecule has 0 radical (unpaired) electrons. The zero-order valence-electron chi connectivity index (χ0n) is 19.4. The summed E-state index contributed by atoms with van der Waals surface area (Å²) in [5, 5.41) is 4.15. The van der Waals surface area contributed by atoms with Crippen LogP contribution in [0.3, 0.4) is 0 Å². The summed E-state index contributed by atoms with van der Waals surface area (Å²) in [7, 11) is 0. The molecule has 0 spiro atoms. The largest absolute Gasteiger partial charge is 0.322 e. The van der Waals surface area contributed by atoms with Crippen molar-refractivity contribution < 1.29 is 4.79 Å². The molecule has 0 saturated heterocycles. The number of carbonyl (C=O) groups is 1. The van der Waals surface area contributed by atoms with E-state index in [1.54, 1.807) is 27.7 Å². The molecule has 2 aromatic carbocycles. The molecule has 3 aromatic rings. The van der Waals surface area contributed by atoms with Crippen LogP contribution in [0.15, 0.2) is 41.2 Å². The van der Waals surface area contributed by atoms with Crippen LogP contribution in [-0.4, -0.2) is 27.0 Å². The average Bonchev–Trinajstić information content (AvgIpc) is 2.76. The Morgan fingerprint density at radius 2 is 1.84 bits per heavy atom. The first-order valence-electron chi connectivity index (χ1n) is 11.2. The second-order valence-electron chi connectivity index (χ2n) is 8.00. The average molecular weight is 455 g/mol. The second-order valence-corrected chi connectivity index (χ2v) is 8.43. The van der Waals surface area contributed by atoms with E-state index in [0.29, 0.717) is 41.3 Å². The number of nitrogens with zero attached hydrogens (tertiary/aromatic N) is 3. The number of hydrogen-bond donors (Lipinski definition) is 1. The van der Waals surface area contributed by atoms with Crippen molar-refractivity contribution in [2.75, 3.05) is 11.9 Å². The lowest BCUT2D eigenvalue weighted by Gasteiger charge is -2.32. The van der Waals surface area contributed by atoms with Crippen LogP contribution in [0.5, 0.6) is 0 Å². The number of nitrogens with one attached hydrogen (secondary N) is 1. The normalized spacial score (nSPS) is 12.1. The predicted octanol–water partition coefficient (Wildman–Crippen LogP) is 6.08. The number of carbonyl (C=O) groups excluding carboxylic acids is 1. The predicted molar refractivity (Wildman–Crippen MR) is 132 cm³/mol. The minimum atomic E-state index is -0.352. The number of aryl methyl sites for hydroxylation is 2. The Morgan fingerprint density at radius 1 is 1.16 bits per heavy atom. The Bertz CT molecular complexity index is 1170. The molecule has 1 heterocycles. The monoisotopic (exact) mass is 454 g/mol. The first kappa shape index (κ1) is 23.8. The van der Waals surface area contributed by atoms with Crippen molar-refractivity contribution in [2.45, 2.75) is 60.0 Å². The third-order valence-corrected chi connectivity index (χ3v) is 6.00. The van der Waals surface area contributed by atoms with Crippen LogP contribution >= 0.6 is 11.6 Å². The highest BCUT2D eigenvalue weighted by Gasteiger charge is 2.28. The van der Waals surface area contributed by atoms with Crippen molar-refractivity contribution in [3.05, 3.63) is 68.7 Å². The molecule has 3 rings (SSSR count). The summed E-state index contributed by atoms with van der Waals surface area (Å²) < 4.78 is 1.67. The minimum Gasteiger partial charge on any atom is -0.314 e. The number of rotatable bonds is 7. The van der Waals surface area contributed by atoms with Gasteiger partial charge in [0.2, 0.25) is 0 Å². The molecule has 0 bridgehead atoms. The molecule has 6 nitrogen and oxygen atoms in total. The quantitative estimate of drug-likeness (QED) is 0.470. The summed E-state index contributed by atoms with van der Waals surface area (Å²) in [4.78, 5) is 33.3. The van der Waals surface area contributed by atoms with Gasteiger partial charge in [0.25, 0.3) is 5.56 Å².